The van der Waals surface area contributed by atoms with Gasteiger partial charge in [-0.05, 0) is 12.1 Å². The van der Waals surface area contributed by atoms with Crippen LogP contribution < -0.4 is 5.73 Å². The first-order valence-corrected chi connectivity index (χ1v) is 3.47. The van der Waals surface area contributed by atoms with E-state index in [0.29, 0.717) is 0 Å². The second-order valence-corrected chi connectivity index (χ2v) is 2.29. The van der Waals surface area contributed by atoms with Crippen molar-refractivity contribution in [2.45, 2.75) is 0 Å². The zero-order valence-corrected chi connectivity index (χ0v) is 6.44. The molecule has 0 unspecified atom stereocenters. The van der Waals surface area contributed by atoms with Crippen molar-refractivity contribution in [3.63, 3.8) is 0 Å². The van der Waals surface area contributed by atoms with Gasteiger partial charge in [-0.1, -0.05) is 11.2 Å². The molecular weight excluding hydrogens is 175 g/mol. The molecule has 2 aromatic heterocycles. The summed E-state index contributed by atoms with van der Waals surface area (Å²) < 4.78 is 17.5. The molecule has 0 spiro atoms. The van der Waals surface area contributed by atoms with Crippen LogP contribution in [0.4, 0.5) is 10.4 Å². The molecular formula is C7H5FN4O. The van der Waals surface area contributed by atoms with Gasteiger partial charge in [0.05, 0.1) is 0 Å². The van der Waals surface area contributed by atoms with Gasteiger partial charge in [-0.15, -0.1) is 5.10 Å². The van der Waals surface area contributed by atoms with Crippen LogP contribution in [0.5, 0.6) is 0 Å². The smallest absolute Gasteiger partial charge is 0.313 e. The van der Waals surface area contributed by atoms with Crippen LogP contribution in [0.1, 0.15) is 0 Å². The lowest BCUT2D eigenvalue weighted by Crippen LogP contribution is -1.86. The van der Waals surface area contributed by atoms with Crippen LogP contribution in [-0.2, 0) is 0 Å². The van der Waals surface area contributed by atoms with E-state index in [1.807, 2.05) is 0 Å². The number of nitrogens with zero attached hydrogens (tertiary/aromatic N) is 3. The summed E-state index contributed by atoms with van der Waals surface area (Å²) in [7, 11) is 0. The highest BCUT2D eigenvalue weighted by Crippen LogP contribution is 2.15. The molecule has 2 N–H and O–H groups in total. The summed E-state index contributed by atoms with van der Waals surface area (Å²) in [5.74, 6) is -0.494. The van der Waals surface area contributed by atoms with Gasteiger partial charge in [-0.25, -0.2) is 4.98 Å². The molecule has 5 nitrogen and oxygen atoms in total. The largest absolute Gasteiger partial charge is 0.402 e. The van der Waals surface area contributed by atoms with E-state index in [2.05, 4.69) is 15.2 Å². The summed E-state index contributed by atoms with van der Waals surface area (Å²) in [6.45, 7) is 0. The van der Waals surface area contributed by atoms with Crippen LogP contribution >= 0.6 is 0 Å². The van der Waals surface area contributed by atoms with Gasteiger partial charge in [0.25, 0.3) is 5.89 Å². The van der Waals surface area contributed by atoms with E-state index < -0.39 is 5.95 Å². The zero-order valence-electron chi connectivity index (χ0n) is 6.44. The third-order valence-corrected chi connectivity index (χ3v) is 1.37. The molecule has 2 aromatic rings. The maximum absolute atomic E-state index is 12.6. The average Bonchev–Trinajstić information content (AvgIpc) is 2.52. The minimum Gasteiger partial charge on any atom is -0.402 e. The Bertz CT molecular complexity index is 428. The van der Waals surface area contributed by atoms with Crippen molar-refractivity contribution in [3.8, 4) is 11.6 Å². The first kappa shape index (κ1) is 7.66. The van der Waals surface area contributed by atoms with Gasteiger partial charge in [-0.3, -0.25) is 0 Å². The van der Waals surface area contributed by atoms with Gasteiger partial charge in [0.2, 0.25) is 5.95 Å². The van der Waals surface area contributed by atoms with Crippen molar-refractivity contribution in [2.75, 3.05) is 5.73 Å². The quantitative estimate of drug-likeness (QED) is 0.658. The molecule has 0 aliphatic heterocycles. The summed E-state index contributed by atoms with van der Waals surface area (Å²) >= 11 is 0. The molecule has 2 rings (SSSR count). The minimum absolute atomic E-state index is 0.0685. The molecule has 66 valence electrons. The van der Waals surface area contributed by atoms with Crippen LogP contribution in [0.15, 0.2) is 22.6 Å². The van der Waals surface area contributed by atoms with Crippen molar-refractivity contribution in [2.24, 2.45) is 0 Å². The van der Waals surface area contributed by atoms with Gasteiger partial charge in [0, 0.05) is 0 Å². The summed E-state index contributed by atoms with van der Waals surface area (Å²) in [5, 5.41) is 6.98. The molecule has 13 heavy (non-hydrogen) atoms. The Morgan fingerprint density at radius 3 is 2.77 bits per heavy atom. The van der Waals surface area contributed by atoms with Gasteiger partial charge in [0.1, 0.15) is 5.69 Å². The Hall–Kier alpha value is -1.98. The Morgan fingerprint density at radius 1 is 1.31 bits per heavy atom. The third-order valence-electron chi connectivity index (χ3n) is 1.37. The number of hydrogen-bond acceptors (Lipinski definition) is 5. The summed E-state index contributed by atoms with van der Waals surface area (Å²) in [6.07, 6.45) is 0. The Balaban J connectivity index is 2.46. The van der Waals surface area contributed by atoms with Crippen molar-refractivity contribution >= 4 is 6.01 Å². The van der Waals surface area contributed by atoms with Crippen LogP contribution in [0.2, 0.25) is 0 Å². The molecule has 0 aliphatic rings. The van der Waals surface area contributed by atoms with Crippen molar-refractivity contribution < 1.29 is 8.81 Å². The second-order valence-electron chi connectivity index (χ2n) is 2.29. The SMILES string of the molecule is Nc1nnc(-c2cccc(F)n2)o1. The Kier molecular flexibility index (Phi) is 1.66. The number of nitrogen functional groups attached to an aromatic ring is 1. The van der Waals surface area contributed by atoms with Crippen molar-refractivity contribution in [1.82, 2.24) is 15.2 Å². The Labute approximate surface area is 72.4 Å². The number of anilines is 1. The van der Waals surface area contributed by atoms with Crippen molar-refractivity contribution in [1.29, 1.82) is 0 Å². The lowest BCUT2D eigenvalue weighted by molar-refractivity contribution is 0.567. The highest BCUT2D eigenvalue weighted by atomic mass is 19.1. The summed E-state index contributed by atoms with van der Waals surface area (Å²) in [4.78, 5) is 3.54. The number of pyridine rings is 1. The number of hydrogen-bond donors (Lipinski definition) is 1. The lowest BCUT2D eigenvalue weighted by Gasteiger charge is -1.91. The fourth-order valence-electron chi connectivity index (χ4n) is 0.865. The first-order valence-electron chi connectivity index (χ1n) is 3.47. The van der Waals surface area contributed by atoms with E-state index in [0.717, 1.165) is 0 Å². The normalized spacial score (nSPS) is 10.2. The first-order chi connectivity index (χ1) is 6.25. The molecule has 0 aliphatic carbocycles. The van der Waals surface area contributed by atoms with Gasteiger partial charge in [-0.2, -0.15) is 4.39 Å². The van der Waals surface area contributed by atoms with Crippen LogP contribution in [0, 0.1) is 5.95 Å². The van der Waals surface area contributed by atoms with E-state index in [1.165, 1.54) is 12.1 Å². The summed E-state index contributed by atoms with van der Waals surface area (Å²) in [5.41, 5.74) is 5.46. The lowest BCUT2D eigenvalue weighted by atomic mass is 10.3. The number of aromatic nitrogens is 3. The Morgan fingerprint density at radius 2 is 2.15 bits per heavy atom. The molecule has 0 radical (unpaired) electrons. The van der Waals surface area contributed by atoms with Gasteiger partial charge >= 0.3 is 6.01 Å². The third kappa shape index (κ3) is 1.46. The standard InChI is InChI=1S/C7H5FN4O/c8-5-3-1-2-4(10-5)6-11-12-7(9)13-6/h1-3H,(H2,9,12). The van der Waals surface area contributed by atoms with E-state index >= 15 is 0 Å². The predicted molar refractivity (Wildman–Crippen MR) is 41.9 cm³/mol. The number of halogens is 1. The van der Waals surface area contributed by atoms with Gasteiger partial charge < -0.3 is 10.2 Å². The minimum atomic E-state index is -0.603. The topological polar surface area (TPSA) is 77.8 Å². The van der Waals surface area contributed by atoms with Crippen LogP contribution in [0.25, 0.3) is 11.6 Å². The van der Waals surface area contributed by atoms with Gasteiger partial charge in [0.15, 0.2) is 0 Å². The maximum atomic E-state index is 12.6. The van der Waals surface area contributed by atoms with E-state index in [-0.39, 0.29) is 17.6 Å². The molecule has 0 fully saturated rings. The van der Waals surface area contributed by atoms with E-state index in [9.17, 15) is 4.39 Å². The molecule has 0 saturated carbocycles. The zero-order chi connectivity index (χ0) is 9.26. The van der Waals surface area contributed by atoms with Crippen molar-refractivity contribution in [3.05, 3.63) is 24.1 Å². The molecule has 0 bridgehead atoms. The number of rotatable bonds is 1. The van der Waals surface area contributed by atoms with Crippen LogP contribution in [-0.4, -0.2) is 15.2 Å². The summed E-state index contributed by atoms with van der Waals surface area (Å²) in [6, 6.07) is 4.21. The molecule has 0 aromatic carbocycles. The maximum Gasteiger partial charge on any atom is 0.313 e. The fourth-order valence-corrected chi connectivity index (χ4v) is 0.865. The predicted octanol–water partition coefficient (Wildman–Crippen LogP) is 0.853. The van der Waals surface area contributed by atoms with E-state index in [1.54, 1.807) is 6.07 Å². The average molecular weight is 180 g/mol. The molecule has 0 amide bonds. The van der Waals surface area contributed by atoms with E-state index in [4.69, 9.17) is 10.2 Å². The number of nitrogens with two attached hydrogens (primary N) is 1. The molecule has 0 atom stereocenters. The highest BCUT2D eigenvalue weighted by Gasteiger charge is 2.07. The second kappa shape index (κ2) is 2.81. The monoisotopic (exact) mass is 180 g/mol. The fraction of sp³-hybridized carbons (Fsp3) is 0. The van der Waals surface area contributed by atoms with Crippen LogP contribution in [0.3, 0.4) is 0 Å². The molecule has 0 saturated heterocycles. The molecule has 6 heteroatoms. The highest BCUT2D eigenvalue weighted by molar-refractivity contribution is 5.46. The molecule has 2 heterocycles.